The number of Topliss-reactive ketones (excluding diaryl/α,β-unsaturated/α-hetero) is 1. The number of anilines is 1. The second-order valence-corrected chi connectivity index (χ2v) is 6.05. The molecule has 0 atom stereocenters. The van der Waals surface area contributed by atoms with E-state index in [4.69, 9.17) is 0 Å². The smallest absolute Gasteiger partial charge is 0.189 e. The fourth-order valence-electron chi connectivity index (χ4n) is 3.27. The lowest BCUT2D eigenvalue weighted by molar-refractivity contribution is 0.104. The minimum atomic E-state index is 0.174. The van der Waals surface area contributed by atoms with Gasteiger partial charge in [0.1, 0.15) is 0 Å². The first-order chi connectivity index (χ1) is 11.1. The van der Waals surface area contributed by atoms with Gasteiger partial charge in [-0.25, -0.2) is 0 Å². The molecule has 0 spiro atoms. The van der Waals surface area contributed by atoms with E-state index in [-0.39, 0.29) is 5.78 Å². The molecule has 2 heteroatoms. The van der Waals surface area contributed by atoms with Gasteiger partial charge in [0.15, 0.2) is 5.78 Å². The van der Waals surface area contributed by atoms with Crippen molar-refractivity contribution >= 4 is 17.5 Å². The summed E-state index contributed by atoms with van der Waals surface area (Å²) in [6.07, 6.45) is 2.80. The number of nitrogens with zero attached hydrogens (tertiary/aromatic N) is 1. The van der Waals surface area contributed by atoms with Gasteiger partial charge in [0.2, 0.25) is 0 Å². The summed E-state index contributed by atoms with van der Waals surface area (Å²) in [6, 6.07) is 14.4. The molecule has 3 rings (SSSR count). The quantitative estimate of drug-likeness (QED) is 0.765. The molecule has 0 aliphatic heterocycles. The SMILES string of the molecule is CCN(CC)c1ccc(/C=C2\Cc3ccccc3C2=O)c(C)c1. The third-order valence-electron chi connectivity index (χ3n) is 4.65. The van der Waals surface area contributed by atoms with Crippen molar-refractivity contribution in [3.05, 3.63) is 70.3 Å². The van der Waals surface area contributed by atoms with Crippen molar-refractivity contribution in [3.63, 3.8) is 0 Å². The second-order valence-electron chi connectivity index (χ2n) is 6.05. The van der Waals surface area contributed by atoms with Crippen molar-refractivity contribution in [2.45, 2.75) is 27.2 Å². The summed E-state index contributed by atoms with van der Waals surface area (Å²) in [4.78, 5) is 14.8. The summed E-state index contributed by atoms with van der Waals surface area (Å²) in [7, 11) is 0. The molecular formula is C21H23NO. The monoisotopic (exact) mass is 305 g/mol. The zero-order chi connectivity index (χ0) is 16.4. The number of benzene rings is 2. The molecule has 1 aliphatic carbocycles. The molecule has 0 N–H and O–H groups in total. The highest BCUT2D eigenvalue weighted by molar-refractivity contribution is 6.15. The molecule has 118 valence electrons. The van der Waals surface area contributed by atoms with Crippen LogP contribution in [0.1, 0.15) is 40.9 Å². The van der Waals surface area contributed by atoms with Crippen molar-refractivity contribution in [1.29, 1.82) is 0 Å². The van der Waals surface area contributed by atoms with Gasteiger partial charge in [-0.2, -0.15) is 0 Å². The summed E-state index contributed by atoms with van der Waals surface area (Å²) in [5.41, 5.74) is 6.49. The predicted octanol–water partition coefficient (Wildman–Crippen LogP) is 4.66. The van der Waals surface area contributed by atoms with Crippen molar-refractivity contribution in [3.8, 4) is 0 Å². The number of rotatable bonds is 4. The van der Waals surface area contributed by atoms with Crippen LogP contribution in [0.3, 0.4) is 0 Å². The van der Waals surface area contributed by atoms with Crippen molar-refractivity contribution in [2.75, 3.05) is 18.0 Å². The minimum Gasteiger partial charge on any atom is -0.372 e. The second kappa shape index (κ2) is 6.41. The number of carbonyl (C=O) groups is 1. The van der Waals surface area contributed by atoms with E-state index in [2.05, 4.69) is 49.9 Å². The standard InChI is InChI=1S/C21H23NO/c1-4-22(5-2)19-11-10-16(15(3)12-19)13-18-14-17-8-6-7-9-20(17)21(18)23/h6-13H,4-5,14H2,1-3H3/b18-13+. The Morgan fingerprint density at radius 3 is 2.48 bits per heavy atom. The maximum absolute atomic E-state index is 12.5. The predicted molar refractivity (Wildman–Crippen MR) is 97.2 cm³/mol. The van der Waals surface area contributed by atoms with Crippen LogP contribution in [-0.4, -0.2) is 18.9 Å². The maximum Gasteiger partial charge on any atom is 0.189 e. The highest BCUT2D eigenvalue weighted by Gasteiger charge is 2.24. The van der Waals surface area contributed by atoms with Gasteiger partial charge in [-0.05, 0) is 55.7 Å². The first kappa shape index (κ1) is 15.5. The fraction of sp³-hybridized carbons (Fsp3) is 0.286. The van der Waals surface area contributed by atoms with E-state index in [9.17, 15) is 4.79 Å². The molecule has 2 nitrogen and oxygen atoms in total. The highest BCUT2D eigenvalue weighted by atomic mass is 16.1. The Bertz CT molecular complexity index is 769. The summed E-state index contributed by atoms with van der Waals surface area (Å²) >= 11 is 0. The Labute approximate surface area is 138 Å². The third-order valence-corrected chi connectivity index (χ3v) is 4.65. The van der Waals surface area contributed by atoms with Crippen LogP contribution in [0, 0.1) is 6.92 Å². The number of ketones is 1. The number of aryl methyl sites for hydroxylation is 1. The number of fused-ring (bicyclic) bond motifs is 1. The van der Waals surface area contributed by atoms with Crippen molar-refractivity contribution in [1.82, 2.24) is 0 Å². The molecule has 0 fully saturated rings. The van der Waals surface area contributed by atoms with Crippen LogP contribution in [0.4, 0.5) is 5.69 Å². The molecule has 0 unspecified atom stereocenters. The molecule has 0 saturated carbocycles. The van der Waals surface area contributed by atoms with Gasteiger partial charge in [-0.15, -0.1) is 0 Å². The minimum absolute atomic E-state index is 0.174. The van der Waals surface area contributed by atoms with Crippen LogP contribution in [0.2, 0.25) is 0 Å². The zero-order valence-electron chi connectivity index (χ0n) is 14.1. The normalized spacial score (nSPS) is 15.1. The Morgan fingerprint density at radius 2 is 1.83 bits per heavy atom. The zero-order valence-corrected chi connectivity index (χ0v) is 14.1. The van der Waals surface area contributed by atoms with Gasteiger partial charge < -0.3 is 4.90 Å². The highest BCUT2D eigenvalue weighted by Crippen LogP contribution is 2.29. The van der Waals surface area contributed by atoms with Gasteiger partial charge in [0, 0.05) is 36.3 Å². The molecule has 0 radical (unpaired) electrons. The molecule has 2 aromatic rings. The van der Waals surface area contributed by atoms with Crippen LogP contribution >= 0.6 is 0 Å². The topological polar surface area (TPSA) is 20.3 Å². The number of allylic oxidation sites excluding steroid dienone is 1. The molecule has 23 heavy (non-hydrogen) atoms. The number of hydrogen-bond donors (Lipinski definition) is 0. The fourth-order valence-corrected chi connectivity index (χ4v) is 3.27. The van der Waals surface area contributed by atoms with Crippen LogP contribution in [0.15, 0.2) is 48.0 Å². The maximum atomic E-state index is 12.5. The van der Waals surface area contributed by atoms with Gasteiger partial charge in [0.25, 0.3) is 0 Å². The van der Waals surface area contributed by atoms with Crippen LogP contribution in [-0.2, 0) is 6.42 Å². The van der Waals surface area contributed by atoms with Gasteiger partial charge in [-0.3, -0.25) is 4.79 Å². The van der Waals surface area contributed by atoms with E-state index in [1.165, 1.54) is 11.3 Å². The molecule has 0 saturated heterocycles. The average Bonchev–Trinajstić information content (AvgIpc) is 2.88. The Hall–Kier alpha value is -2.35. The third kappa shape index (κ3) is 2.94. The molecule has 0 heterocycles. The summed E-state index contributed by atoms with van der Waals surface area (Å²) in [5, 5.41) is 0. The van der Waals surface area contributed by atoms with E-state index >= 15 is 0 Å². The van der Waals surface area contributed by atoms with Crippen LogP contribution in [0.25, 0.3) is 6.08 Å². The average molecular weight is 305 g/mol. The Balaban J connectivity index is 1.91. The lowest BCUT2D eigenvalue weighted by Crippen LogP contribution is -2.21. The Morgan fingerprint density at radius 1 is 1.09 bits per heavy atom. The molecular weight excluding hydrogens is 282 g/mol. The molecule has 0 bridgehead atoms. The summed E-state index contributed by atoms with van der Waals surface area (Å²) in [5.74, 6) is 0.174. The summed E-state index contributed by atoms with van der Waals surface area (Å²) in [6.45, 7) is 8.46. The van der Waals surface area contributed by atoms with Crippen molar-refractivity contribution in [2.24, 2.45) is 0 Å². The van der Waals surface area contributed by atoms with E-state index in [0.717, 1.165) is 41.8 Å². The van der Waals surface area contributed by atoms with Crippen LogP contribution in [0.5, 0.6) is 0 Å². The first-order valence-electron chi connectivity index (χ1n) is 8.32. The molecule has 2 aromatic carbocycles. The largest absolute Gasteiger partial charge is 0.372 e. The molecule has 0 aromatic heterocycles. The Kier molecular flexibility index (Phi) is 4.33. The van der Waals surface area contributed by atoms with Crippen LogP contribution < -0.4 is 4.90 Å². The molecule has 1 aliphatic rings. The molecule has 0 amide bonds. The van der Waals surface area contributed by atoms with E-state index in [1.54, 1.807) is 0 Å². The first-order valence-corrected chi connectivity index (χ1v) is 8.32. The summed E-state index contributed by atoms with van der Waals surface area (Å²) < 4.78 is 0. The lowest BCUT2D eigenvalue weighted by Gasteiger charge is -2.21. The van der Waals surface area contributed by atoms with E-state index < -0.39 is 0 Å². The van der Waals surface area contributed by atoms with Crippen molar-refractivity contribution < 1.29 is 4.79 Å². The van der Waals surface area contributed by atoms with Gasteiger partial charge in [-0.1, -0.05) is 30.3 Å². The van der Waals surface area contributed by atoms with E-state index in [0.29, 0.717) is 0 Å². The van der Waals surface area contributed by atoms with Gasteiger partial charge >= 0.3 is 0 Å². The number of hydrogen-bond acceptors (Lipinski definition) is 2. The number of carbonyl (C=O) groups excluding carboxylic acids is 1. The lowest BCUT2D eigenvalue weighted by atomic mass is 10.0. The van der Waals surface area contributed by atoms with E-state index in [1.807, 2.05) is 24.3 Å². The van der Waals surface area contributed by atoms with Gasteiger partial charge in [0.05, 0.1) is 0 Å².